The summed E-state index contributed by atoms with van der Waals surface area (Å²) in [7, 11) is 0. The first-order valence-corrected chi connectivity index (χ1v) is 4.41. The molecule has 0 nitrogen and oxygen atoms in total. The summed E-state index contributed by atoms with van der Waals surface area (Å²) in [5.41, 5.74) is 0. The third kappa shape index (κ3) is 60.5. The molecule has 0 aromatic heterocycles. The molecule has 0 aromatic rings. The van der Waals surface area contributed by atoms with E-state index in [1.54, 1.807) is 0 Å². The number of hydrogen-bond acceptors (Lipinski definition) is 0. The topological polar surface area (TPSA) is 0 Å². The van der Waals surface area contributed by atoms with Crippen molar-refractivity contribution in [2.24, 2.45) is 0 Å². The average Bonchev–Trinajstić information content (AvgIpc) is 1.82. The molecule has 0 amide bonds. The Bertz CT molecular complexity index is 35.4. The van der Waals surface area contributed by atoms with Crippen LogP contribution in [0.3, 0.4) is 0 Å². The van der Waals surface area contributed by atoms with Gasteiger partial charge in [-0.25, -0.2) is 0 Å². The monoisotopic (exact) mass is 150 g/mol. The van der Waals surface area contributed by atoms with Gasteiger partial charge in [-0.05, 0) is 0 Å². The molecule has 0 atom stereocenters. The molecule has 0 bridgehead atoms. The average molecular weight is 150 g/mol. The van der Waals surface area contributed by atoms with E-state index in [2.05, 4.69) is 34.6 Å². The van der Waals surface area contributed by atoms with Crippen molar-refractivity contribution in [3.05, 3.63) is 5.92 Å². The van der Waals surface area contributed by atoms with Crippen molar-refractivity contribution >= 4 is 0 Å². The van der Waals surface area contributed by atoms with Crippen LogP contribution in [0.5, 0.6) is 0 Å². The largest absolute Gasteiger partial charge is 1.00 e. The predicted molar refractivity (Wildman–Crippen MR) is 50.1 cm³/mol. The molecule has 1 heteroatoms. The van der Waals surface area contributed by atoms with E-state index >= 15 is 0 Å². The Kier molecular flexibility index (Phi) is 27.1. The van der Waals surface area contributed by atoms with Gasteiger partial charge in [0.25, 0.3) is 0 Å². The summed E-state index contributed by atoms with van der Waals surface area (Å²) < 4.78 is 0. The van der Waals surface area contributed by atoms with Crippen LogP contribution >= 0.6 is 0 Å². The van der Waals surface area contributed by atoms with Crippen LogP contribution in [0.4, 0.5) is 0 Å². The fourth-order valence-electron chi connectivity index (χ4n) is 0.500. The Labute approximate surface area is 85.3 Å². The smallest absolute Gasteiger partial charge is 0.323 e. The summed E-state index contributed by atoms with van der Waals surface area (Å²) >= 11 is 0. The van der Waals surface area contributed by atoms with Crippen molar-refractivity contribution in [3.8, 4) is 0 Å². The van der Waals surface area contributed by atoms with Crippen LogP contribution in [0.25, 0.3) is 0 Å². The van der Waals surface area contributed by atoms with Crippen molar-refractivity contribution in [1.82, 2.24) is 0 Å². The quantitative estimate of drug-likeness (QED) is 0.322. The van der Waals surface area contributed by atoms with Crippen molar-refractivity contribution < 1.29 is 18.9 Å². The third-order valence-corrected chi connectivity index (χ3v) is 0.957. The van der Waals surface area contributed by atoms with Crippen molar-refractivity contribution in [1.29, 1.82) is 0 Å². The molecule has 0 fully saturated rings. The molecule has 0 saturated carbocycles. The molecule has 0 aromatic carbocycles. The Hall–Kier alpha value is 0.597. The van der Waals surface area contributed by atoms with Gasteiger partial charge in [-0.15, -0.1) is 0 Å². The first-order valence-electron chi connectivity index (χ1n) is 4.41. The van der Waals surface area contributed by atoms with Crippen LogP contribution in [0.1, 0.15) is 60.3 Å². The Morgan fingerprint density at radius 3 is 1.09 bits per heavy atom. The SMILES string of the molecule is CCCCCC.C[C-](C)C.[Li+]. The molecule has 64 valence electrons. The molecular weight excluding hydrogens is 127 g/mol. The molecule has 0 heterocycles. The first kappa shape index (κ1) is 17.6. The molecule has 0 aliphatic carbocycles. The van der Waals surface area contributed by atoms with E-state index in [9.17, 15) is 0 Å². The van der Waals surface area contributed by atoms with Gasteiger partial charge in [-0.1, -0.05) is 39.5 Å². The minimum absolute atomic E-state index is 0. The molecule has 0 radical (unpaired) electrons. The zero-order valence-corrected chi connectivity index (χ0v) is 9.33. The molecule has 0 aliphatic rings. The maximum Gasteiger partial charge on any atom is 1.00 e. The van der Waals surface area contributed by atoms with Gasteiger partial charge in [0, 0.05) is 0 Å². The predicted octanol–water partition coefficient (Wildman–Crippen LogP) is 1.21. The van der Waals surface area contributed by atoms with Gasteiger partial charge in [-0.3, -0.25) is 0 Å². The van der Waals surface area contributed by atoms with Gasteiger partial charge in [0.05, 0.1) is 0 Å². The summed E-state index contributed by atoms with van der Waals surface area (Å²) in [5, 5.41) is 0. The number of rotatable bonds is 3. The summed E-state index contributed by atoms with van der Waals surface area (Å²) in [6.45, 7) is 10.7. The minimum atomic E-state index is 0. The molecule has 0 rings (SSSR count). The van der Waals surface area contributed by atoms with E-state index in [0.29, 0.717) is 0 Å². The maximum atomic E-state index is 2.23. The molecular formula is C10H23Li. The second kappa shape index (κ2) is 16.9. The second-order valence-corrected chi connectivity index (χ2v) is 3.21. The molecule has 11 heavy (non-hydrogen) atoms. The molecule has 0 aliphatic heterocycles. The van der Waals surface area contributed by atoms with E-state index in [4.69, 9.17) is 0 Å². The van der Waals surface area contributed by atoms with Crippen molar-refractivity contribution in [2.75, 3.05) is 0 Å². The Morgan fingerprint density at radius 1 is 0.818 bits per heavy atom. The molecule has 0 spiro atoms. The van der Waals surface area contributed by atoms with Gasteiger partial charge < -0.3 is 5.92 Å². The number of unbranched alkanes of at least 4 members (excludes halogenated alkanes) is 3. The molecule has 0 N–H and O–H groups in total. The first-order chi connectivity index (χ1) is 4.65. The molecule has 0 unspecified atom stereocenters. The van der Waals surface area contributed by atoms with E-state index in [0.717, 1.165) is 0 Å². The standard InChI is InChI=1S/C6H14.C4H9.Li/c1-3-5-6-4-2;1-4(2)3;/h3-6H2,1-2H3;1-3H3;/q;-1;+1. The normalized spacial score (nSPS) is 8.18. The fraction of sp³-hybridized carbons (Fsp3) is 0.900. The summed E-state index contributed by atoms with van der Waals surface area (Å²) in [5.74, 6) is 1.42. The zero-order valence-electron chi connectivity index (χ0n) is 9.33. The summed E-state index contributed by atoms with van der Waals surface area (Å²) in [6.07, 6.45) is 5.54. The van der Waals surface area contributed by atoms with Crippen LogP contribution < -0.4 is 18.9 Å². The third-order valence-electron chi connectivity index (χ3n) is 0.957. The van der Waals surface area contributed by atoms with E-state index < -0.39 is 0 Å². The van der Waals surface area contributed by atoms with Gasteiger partial charge in [-0.2, -0.15) is 20.8 Å². The Morgan fingerprint density at radius 2 is 1.00 bits per heavy atom. The van der Waals surface area contributed by atoms with Gasteiger partial charge in [0.2, 0.25) is 0 Å². The van der Waals surface area contributed by atoms with Crippen LogP contribution in [0.2, 0.25) is 0 Å². The van der Waals surface area contributed by atoms with E-state index in [1.165, 1.54) is 31.6 Å². The number of hydrogen-bond donors (Lipinski definition) is 0. The van der Waals surface area contributed by atoms with Crippen molar-refractivity contribution in [3.63, 3.8) is 0 Å². The molecule has 0 saturated heterocycles. The van der Waals surface area contributed by atoms with Crippen LogP contribution in [0, 0.1) is 5.92 Å². The van der Waals surface area contributed by atoms with Crippen molar-refractivity contribution in [2.45, 2.75) is 60.3 Å². The van der Waals surface area contributed by atoms with Gasteiger partial charge in [0.15, 0.2) is 0 Å². The van der Waals surface area contributed by atoms with Gasteiger partial charge >= 0.3 is 18.9 Å². The van der Waals surface area contributed by atoms with Crippen LogP contribution in [-0.4, -0.2) is 0 Å². The van der Waals surface area contributed by atoms with Gasteiger partial charge in [0.1, 0.15) is 0 Å². The second-order valence-electron chi connectivity index (χ2n) is 3.21. The summed E-state index contributed by atoms with van der Waals surface area (Å²) in [6, 6.07) is 0. The fourth-order valence-corrected chi connectivity index (χ4v) is 0.500. The van der Waals surface area contributed by atoms with Crippen LogP contribution in [0.15, 0.2) is 0 Å². The Balaban J connectivity index is -0.000000114. The maximum absolute atomic E-state index is 2.23. The zero-order chi connectivity index (χ0) is 8.41. The van der Waals surface area contributed by atoms with Crippen LogP contribution in [-0.2, 0) is 0 Å². The van der Waals surface area contributed by atoms with E-state index in [-0.39, 0.29) is 18.9 Å². The van der Waals surface area contributed by atoms with E-state index in [1.807, 2.05) is 0 Å². The minimum Gasteiger partial charge on any atom is -0.323 e. The summed E-state index contributed by atoms with van der Waals surface area (Å²) in [4.78, 5) is 0.